The highest BCUT2D eigenvalue weighted by molar-refractivity contribution is 14.1. The molecule has 0 aliphatic heterocycles. The van der Waals surface area contributed by atoms with E-state index in [1.165, 1.54) is 11.0 Å². The minimum atomic E-state index is -4.58. The Kier molecular flexibility index (Phi) is 3.47. The van der Waals surface area contributed by atoms with Crippen LogP contribution in [0.5, 0.6) is 0 Å². The van der Waals surface area contributed by atoms with Crippen LogP contribution >= 0.6 is 22.6 Å². The second kappa shape index (κ2) is 4.22. The fourth-order valence-electron chi connectivity index (χ4n) is 0.635. The van der Waals surface area contributed by atoms with Gasteiger partial charge in [-0.3, -0.25) is 4.74 Å². The number of hydrogen-bond acceptors (Lipinski definition) is 3. The summed E-state index contributed by atoms with van der Waals surface area (Å²) in [4.78, 5) is 3.73. The SMILES string of the molecule is FC(F)(F)OCCn1cnc(I)n1. The number of halogens is 4. The maximum Gasteiger partial charge on any atom is 0.522 e. The molecule has 0 aliphatic rings. The van der Waals surface area contributed by atoms with Crippen molar-refractivity contribution in [3.05, 3.63) is 10.2 Å². The van der Waals surface area contributed by atoms with Gasteiger partial charge in [0.2, 0.25) is 3.83 Å². The Labute approximate surface area is 85.2 Å². The molecule has 0 N–H and O–H groups in total. The molecule has 0 fully saturated rings. The smallest absolute Gasteiger partial charge is 0.290 e. The Morgan fingerprint density at radius 1 is 1.54 bits per heavy atom. The topological polar surface area (TPSA) is 39.9 Å². The van der Waals surface area contributed by atoms with Gasteiger partial charge in [-0.15, -0.1) is 18.3 Å². The van der Waals surface area contributed by atoms with E-state index in [2.05, 4.69) is 14.8 Å². The molecule has 0 radical (unpaired) electrons. The van der Waals surface area contributed by atoms with Crippen molar-refractivity contribution in [3.8, 4) is 0 Å². The zero-order valence-corrected chi connectivity index (χ0v) is 8.41. The molecule has 0 bridgehead atoms. The molecule has 4 nitrogen and oxygen atoms in total. The van der Waals surface area contributed by atoms with Gasteiger partial charge < -0.3 is 0 Å². The molecule has 0 unspecified atom stereocenters. The van der Waals surface area contributed by atoms with E-state index in [4.69, 9.17) is 0 Å². The van der Waals surface area contributed by atoms with Crippen molar-refractivity contribution < 1.29 is 17.9 Å². The van der Waals surface area contributed by atoms with Gasteiger partial charge in [0.1, 0.15) is 6.33 Å². The predicted molar refractivity (Wildman–Crippen MR) is 44.7 cm³/mol. The van der Waals surface area contributed by atoms with Crippen molar-refractivity contribution in [3.63, 3.8) is 0 Å². The molecule has 0 aliphatic carbocycles. The first-order valence-electron chi connectivity index (χ1n) is 3.23. The minimum absolute atomic E-state index is 0.0372. The molecule has 0 aromatic carbocycles. The number of rotatable bonds is 3. The molecule has 74 valence electrons. The summed E-state index contributed by atoms with van der Waals surface area (Å²) in [5.74, 6) is 0. The first kappa shape index (κ1) is 10.7. The summed E-state index contributed by atoms with van der Waals surface area (Å²) in [6, 6.07) is 0. The fraction of sp³-hybridized carbons (Fsp3) is 0.600. The lowest BCUT2D eigenvalue weighted by molar-refractivity contribution is -0.325. The van der Waals surface area contributed by atoms with Gasteiger partial charge in [0.15, 0.2) is 0 Å². The maximum absolute atomic E-state index is 11.5. The Balaban J connectivity index is 2.28. The monoisotopic (exact) mass is 307 g/mol. The highest BCUT2D eigenvalue weighted by Gasteiger charge is 2.28. The molecular formula is C5H5F3IN3O. The van der Waals surface area contributed by atoms with Gasteiger partial charge in [0.05, 0.1) is 13.2 Å². The quantitative estimate of drug-likeness (QED) is 0.793. The van der Waals surface area contributed by atoms with Crippen molar-refractivity contribution in [1.82, 2.24) is 14.8 Å². The molecular weight excluding hydrogens is 302 g/mol. The Morgan fingerprint density at radius 2 is 2.23 bits per heavy atom. The Hall–Kier alpha value is -0.380. The van der Waals surface area contributed by atoms with Crippen molar-refractivity contribution in [2.45, 2.75) is 12.9 Å². The van der Waals surface area contributed by atoms with Crippen LogP contribution in [-0.4, -0.2) is 27.7 Å². The van der Waals surface area contributed by atoms with Gasteiger partial charge >= 0.3 is 6.36 Å². The van der Waals surface area contributed by atoms with Crippen LogP contribution in [0.1, 0.15) is 0 Å². The molecule has 8 heteroatoms. The van der Waals surface area contributed by atoms with Crippen molar-refractivity contribution >= 4 is 22.6 Å². The third kappa shape index (κ3) is 4.41. The molecule has 0 amide bonds. The molecule has 1 rings (SSSR count). The van der Waals surface area contributed by atoms with E-state index < -0.39 is 13.0 Å². The first-order chi connectivity index (χ1) is 5.97. The molecule has 1 aromatic rings. The van der Waals surface area contributed by atoms with E-state index in [1.54, 1.807) is 0 Å². The maximum atomic E-state index is 11.5. The number of alkyl halides is 3. The molecule has 13 heavy (non-hydrogen) atoms. The standard InChI is InChI=1S/C5H5F3IN3O/c6-5(7,8)13-2-1-12-3-10-4(9)11-12/h3H,1-2H2. The molecule has 0 spiro atoms. The summed E-state index contributed by atoms with van der Waals surface area (Å²) in [6.07, 6.45) is -3.23. The van der Waals surface area contributed by atoms with Gasteiger partial charge in [0, 0.05) is 22.6 Å². The van der Waals surface area contributed by atoms with Gasteiger partial charge in [0.25, 0.3) is 0 Å². The predicted octanol–water partition coefficient (Wildman–Crippen LogP) is 1.42. The first-order valence-corrected chi connectivity index (χ1v) is 4.31. The lowest BCUT2D eigenvalue weighted by Gasteiger charge is -2.06. The van der Waals surface area contributed by atoms with Crippen molar-refractivity contribution in [2.75, 3.05) is 6.61 Å². The van der Waals surface area contributed by atoms with Crippen LogP contribution in [0.25, 0.3) is 0 Å². The highest BCUT2D eigenvalue weighted by atomic mass is 127. The number of nitrogens with zero attached hydrogens (tertiary/aromatic N) is 3. The van der Waals surface area contributed by atoms with Crippen LogP contribution in [0.15, 0.2) is 6.33 Å². The Bertz CT molecular complexity index is 274. The van der Waals surface area contributed by atoms with Gasteiger partial charge in [-0.25, -0.2) is 9.67 Å². The van der Waals surface area contributed by atoms with E-state index in [0.717, 1.165) is 0 Å². The van der Waals surface area contributed by atoms with Crippen LogP contribution in [0.3, 0.4) is 0 Å². The third-order valence-electron chi connectivity index (χ3n) is 1.09. The van der Waals surface area contributed by atoms with Crippen LogP contribution < -0.4 is 0 Å². The average Bonchev–Trinajstić information content (AvgIpc) is 2.33. The van der Waals surface area contributed by atoms with Crippen LogP contribution in [-0.2, 0) is 11.3 Å². The largest absolute Gasteiger partial charge is 0.522 e. The number of ether oxygens (including phenoxy) is 1. The third-order valence-corrected chi connectivity index (χ3v) is 1.59. The van der Waals surface area contributed by atoms with E-state index in [9.17, 15) is 13.2 Å². The van der Waals surface area contributed by atoms with E-state index in [0.29, 0.717) is 3.83 Å². The van der Waals surface area contributed by atoms with Crippen LogP contribution in [0, 0.1) is 3.83 Å². The number of aromatic nitrogens is 3. The molecule has 0 saturated carbocycles. The highest BCUT2D eigenvalue weighted by Crippen LogP contribution is 2.15. The molecule has 1 heterocycles. The van der Waals surface area contributed by atoms with Crippen molar-refractivity contribution in [2.24, 2.45) is 0 Å². The summed E-state index contributed by atoms with van der Waals surface area (Å²) in [5.41, 5.74) is 0. The molecule has 0 atom stereocenters. The van der Waals surface area contributed by atoms with Crippen LogP contribution in [0.4, 0.5) is 13.2 Å². The zero-order chi connectivity index (χ0) is 9.90. The van der Waals surface area contributed by atoms with E-state index in [1.807, 2.05) is 22.6 Å². The molecule has 1 aromatic heterocycles. The summed E-state index contributed by atoms with van der Waals surface area (Å²) in [6.45, 7) is -0.418. The van der Waals surface area contributed by atoms with Gasteiger partial charge in [-0.1, -0.05) is 0 Å². The van der Waals surface area contributed by atoms with Crippen LogP contribution in [0.2, 0.25) is 0 Å². The average molecular weight is 307 g/mol. The normalized spacial score (nSPS) is 12.0. The lowest BCUT2D eigenvalue weighted by Crippen LogP contribution is -2.17. The fourth-order valence-corrected chi connectivity index (χ4v) is 1.04. The summed E-state index contributed by atoms with van der Waals surface area (Å²) < 4.78 is 39.8. The zero-order valence-electron chi connectivity index (χ0n) is 6.25. The lowest BCUT2D eigenvalue weighted by atomic mass is 10.7. The minimum Gasteiger partial charge on any atom is -0.290 e. The van der Waals surface area contributed by atoms with E-state index >= 15 is 0 Å². The number of hydrogen-bond donors (Lipinski definition) is 0. The summed E-state index contributed by atoms with van der Waals surface area (Å²) in [5, 5.41) is 3.78. The second-order valence-electron chi connectivity index (χ2n) is 2.07. The summed E-state index contributed by atoms with van der Waals surface area (Å²) >= 11 is 1.86. The van der Waals surface area contributed by atoms with Gasteiger partial charge in [-0.05, 0) is 0 Å². The van der Waals surface area contributed by atoms with Gasteiger partial charge in [-0.2, -0.15) is 0 Å². The second-order valence-corrected chi connectivity index (χ2v) is 3.04. The van der Waals surface area contributed by atoms with E-state index in [-0.39, 0.29) is 6.54 Å². The summed E-state index contributed by atoms with van der Waals surface area (Å²) in [7, 11) is 0. The molecule has 0 saturated heterocycles. The van der Waals surface area contributed by atoms with Crippen molar-refractivity contribution in [1.29, 1.82) is 0 Å². The Morgan fingerprint density at radius 3 is 2.69 bits per heavy atom.